The summed E-state index contributed by atoms with van der Waals surface area (Å²) in [6, 6.07) is 19.5. The maximum absolute atomic E-state index is 12.7. The van der Waals surface area contributed by atoms with Crippen molar-refractivity contribution in [3.8, 4) is 16.9 Å². The third-order valence-corrected chi connectivity index (χ3v) is 9.40. The second-order valence-corrected chi connectivity index (χ2v) is 13.3. The van der Waals surface area contributed by atoms with Crippen LogP contribution in [0.3, 0.4) is 0 Å². The largest absolute Gasteiger partial charge is 0.487 e. The molecule has 0 amide bonds. The van der Waals surface area contributed by atoms with E-state index in [4.69, 9.17) is 9.26 Å². The minimum absolute atomic E-state index is 0.00694. The number of hydrogen-bond acceptors (Lipinski definition) is 8. The van der Waals surface area contributed by atoms with E-state index in [1.165, 1.54) is 5.56 Å². The van der Waals surface area contributed by atoms with Crippen LogP contribution in [0.15, 0.2) is 71.4 Å². The van der Waals surface area contributed by atoms with Gasteiger partial charge >= 0.3 is 0 Å². The summed E-state index contributed by atoms with van der Waals surface area (Å²) in [5, 5.41) is 4.18. The van der Waals surface area contributed by atoms with Crippen LogP contribution in [0.1, 0.15) is 61.7 Å². The van der Waals surface area contributed by atoms with Gasteiger partial charge in [0.05, 0.1) is 17.2 Å². The highest BCUT2D eigenvalue weighted by atomic mass is 32.2. The molecule has 8 nitrogen and oxygen atoms in total. The highest BCUT2D eigenvalue weighted by Crippen LogP contribution is 2.41. The Kier molecular flexibility index (Phi) is 7.08. The fourth-order valence-electron chi connectivity index (χ4n) is 5.56. The molecule has 2 aromatic heterocycles. The second-order valence-electron chi connectivity index (χ2n) is 11.2. The summed E-state index contributed by atoms with van der Waals surface area (Å²) in [4.78, 5) is 10.9. The first-order valence-corrected chi connectivity index (χ1v) is 15.7. The molecule has 2 aliphatic rings. The van der Waals surface area contributed by atoms with Gasteiger partial charge in [-0.25, -0.2) is 8.42 Å². The van der Waals surface area contributed by atoms with Gasteiger partial charge in [-0.15, -0.1) is 0 Å². The van der Waals surface area contributed by atoms with Gasteiger partial charge in [0.25, 0.3) is 5.95 Å². The van der Waals surface area contributed by atoms with Gasteiger partial charge in [-0.3, -0.25) is 4.98 Å². The molecule has 6 rings (SSSR count). The Bertz CT molecular complexity index is 1580. The molecule has 0 bridgehead atoms. The molecule has 208 valence electrons. The Hall–Kier alpha value is -3.72. The summed E-state index contributed by atoms with van der Waals surface area (Å²) >= 11 is 0. The number of ether oxygens (including phenoxy) is 1. The van der Waals surface area contributed by atoms with E-state index in [9.17, 15) is 8.42 Å². The van der Waals surface area contributed by atoms with Crippen molar-refractivity contribution in [3.63, 3.8) is 0 Å². The average Bonchev–Trinajstić information content (AvgIpc) is 3.45. The average molecular weight is 559 g/mol. The molecule has 2 aromatic carbocycles. The third-order valence-electron chi connectivity index (χ3n) is 7.89. The first kappa shape index (κ1) is 26.5. The predicted molar refractivity (Wildman–Crippen MR) is 154 cm³/mol. The van der Waals surface area contributed by atoms with E-state index in [1.807, 2.05) is 24.3 Å². The van der Waals surface area contributed by atoms with Crippen LogP contribution in [-0.4, -0.2) is 42.2 Å². The molecule has 0 saturated carbocycles. The Balaban J connectivity index is 1.09. The SMILES string of the molecule is CC(C)c1nc(N2CCC3(CCc4cc(-c5ccc(CS(=O)(=O)Cc6ccccn6)cc5)ccc4O3)CC2)no1. The van der Waals surface area contributed by atoms with E-state index >= 15 is 0 Å². The molecule has 0 unspecified atom stereocenters. The smallest absolute Gasteiger partial charge is 0.266 e. The Morgan fingerprint density at radius 1 is 0.950 bits per heavy atom. The molecule has 2 aliphatic heterocycles. The van der Waals surface area contributed by atoms with Crippen LogP contribution in [0.2, 0.25) is 0 Å². The van der Waals surface area contributed by atoms with Gasteiger partial charge in [0.2, 0.25) is 5.89 Å². The van der Waals surface area contributed by atoms with Crippen molar-refractivity contribution in [2.75, 3.05) is 18.0 Å². The lowest BCUT2D eigenvalue weighted by atomic mass is 9.82. The number of aryl methyl sites for hydroxylation is 1. The quantitative estimate of drug-likeness (QED) is 0.283. The number of piperidine rings is 1. The zero-order valence-corrected chi connectivity index (χ0v) is 23.7. The summed E-state index contributed by atoms with van der Waals surface area (Å²) in [5.74, 6) is 2.47. The minimum atomic E-state index is -3.31. The van der Waals surface area contributed by atoms with E-state index in [-0.39, 0.29) is 23.0 Å². The van der Waals surface area contributed by atoms with Crippen LogP contribution in [0.25, 0.3) is 11.1 Å². The maximum atomic E-state index is 12.7. The fraction of sp³-hybridized carbons (Fsp3) is 0.387. The van der Waals surface area contributed by atoms with E-state index in [2.05, 4.69) is 52.1 Å². The fourth-order valence-corrected chi connectivity index (χ4v) is 6.99. The molecule has 1 saturated heterocycles. The lowest BCUT2D eigenvalue weighted by Crippen LogP contribution is -2.50. The van der Waals surface area contributed by atoms with Gasteiger partial charge in [-0.05, 0) is 64.5 Å². The van der Waals surface area contributed by atoms with Crippen molar-refractivity contribution in [3.05, 3.63) is 89.6 Å². The number of benzene rings is 2. The standard InChI is InChI=1S/C31H34N4O4S/c1-22(2)29-33-30(34-39-29)35-17-14-31(15-18-35)13-12-26-19-25(10-11-28(26)38-31)24-8-6-23(7-9-24)20-40(36,37)21-27-5-3-4-16-32-27/h3-11,16,19,22H,12-15,17-18,20-21H2,1-2H3. The van der Waals surface area contributed by atoms with E-state index < -0.39 is 9.84 Å². The molecule has 40 heavy (non-hydrogen) atoms. The van der Waals surface area contributed by atoms with Crippen molar-refractivity contribution >= 4 is 15.8 Å². The monoisotopic (exact) mass is 558 g/mol. The predicted octanol–water partition coefficient (Wildman–Crippen LogP) is 5.73. The lowest BCUT2D eigenvalue weighted by Gasteiger charge is -2.44. The number of fused-ring (bicyclic) bond motifs is 1. The number of sulfone groups is 1. The van der Waals surface area contributed by atoms with E-state index in [0.29, 0.717) is 17.5 Å². The molecule has 0 atom stereocenters. The molecular weight excluding hydrogens is 524 g/mol. The van der Waals surface area contributed by atoms with Crippen LogP contribution < -0.4 is 9.64 Å². The molecular formula is C31H34N4O4S. The maximum Gasteiger partial charge on any atom is 0.266 e. The van der Waals surface area contributed by atoms with Gasteiger partial charge in [0.15, 0.2) is 9.84 Å². The molecule has 4 aromatic rings. The first-order valence-electron chi connectivity index (χ1n) is 13.9. The van der Waals surface area contributed by atoms with Crippen LogP contribution in [0, 0.1) is 0 Å². The minimum Gasteiger partial charge on any atom is -0.487 e. The Morgan fingerprint density at radius 3 is 2.42 bits per heavy atom. The first-order chi connectivity index (χ1) is 19.3. The van der Waals surface area contributed by atoms with Crippen molar-refractivity contribution in [1.82, 2.24) is 15.1 Å². The highest BCUT2D eigenvalue weighted by molar-refractivity contribution is 7.89. The Labute approximate surface area is 235 Å². The summed E-state index contributed by atoms with van der Waals surface area (Å²) in [5.41, 5.74) is 4.56. The number of pyridine rings is 1. The van der Waals surface area contributed by atoms with E-state index in [0.717, 1.165) is 61.2 Å². The van der Waals surface area contributed by atoms with Gasteiger partial charge in [0.1, 0.15) is 11.4 Å². The number of nitrogens with zero attached hydrogens (tertiary/aromatic N) is 4. The molecule has 0 radical (unpaired) electrons. The highest BCUT2D eigenvalue weighted by Gasteiger charge is 2.40. The van der Waals surface area contributed by atoms with Crippen molar-refractivity contribution in [1.29, 1.82) is 0 Å². The van der Waals surface area contributed by atoms with Crippen LogP contribution >= 0.6 is 0 Å². The summed E-state index contributed by atoms with van der Waals surface area (Å²) in [6.45, 7) is 5.79. The zero-order valence-electron chi connectivity index (χ0n) is 22.9. The van der Waals surface area contributed by atoms with Crippen LogP contribution in [0.5, 0.6) is 5.75 Å². The number of hydrogen-bond donors (Lipinski definition) is 0. The third kappa shape index (κ3) is 5.75. The van der Waals surface area contributed by atoms with Gasteiger partial charge in [0, 0.05) is 38.0 Å². The van der Waals surface area contributed by atoms with Crippen LogP contribution in [0.4, 0.5) is 5.95 Å². The van der Waals surface area contributed by atoms with Gasteiger partial charge in [-0.2, -0.15) is 4.98 Å². The number of rotatable bonds is 7. The summed E-state index contributed by atoms with van der Waals surface area (Å²) < 4.78 is 37.4. The van der Waals surface area contributed by atoms with Crippen molar-refractivity contribution < 1.29 is 17.7 Å². The van der Waals surface area contributed by atoms with Gasteiger partial charge in [-0.1, -0.05) is 50.2 Å². The van der Waals surface area contributed by atoms with Crippen molar-refractivity contribution in [2.24, 2.45) is 0 Å². The molecule has 1 spiro atoms. The molecule has 0 aliphatic carbocycles. The molecule has 0 N–H and O–H groups in total. The molecule has 9 heteroatoms. The summed E-state index contributed by atoms with van der Waals surface area (Å²) in [6.07, 6.45) is 5.40. The summed E-state index contributed by atoms with van der Waals surface area (Å²) in [7, 11) is -3.31. The van der Waals surface area contributed by atoms with Gasteiger partial charge < -0.3 is 14.2 Å². The number of anilines is 1. The van der Waals surface area contributed by atoms with E-state index in [1.54, 1.807) is 24.4 Å². The molecule has 1 fully saturated rings. The zero-order chi connectivity index (χ0) is 27.7. The molecule has 4 heterocycles. The second kappa shape index (κ2) is 10.7. The van der Waals surface area contributed by atoms with Crippen LogP contribution in [-0.2, 0) is 27.8 Å². The number of aromatic nitrogens is 3. The normalized spacial score (nSPS) is 16.6. The Morgan fingerprint density at radius 2 is 1.73 bits per heavy atom. The lowest BCUT2D eigenvalue weighted by molar-refractivity contribution is 0.0223. The van der Waals surface area contributed by atoms with Crippen molar-refractivity contribution in [2.45, 2.75) is 62.6 Å². The topological polar surface area (TPSA) is 98.4 Å².